The Bertz CT molecular complexity index is 428. The predicted molar refractivity (Wildman–Crippen MR) is 68.3 cm³/mol. The second kappa shape index (κ2) is 5.04. The van der Waals surface area contributed by atoms with Crippen LogP contribution in [0.2, 0.25) is 0 Å². The lowest BCUT2D eigenvalue weighted by Gasteiger charge is -2.34. The van der Waals surface area contributed by atoms with Gasteiger partial charge in [-0.05, 0) is 24.5 Å². The molecule has 3 nitrogen and oxygen atoms in total. The van der Waals surface area contributed by atoms with E-state index in [2.05, 4.69) is 17.5 Å². The quantitative estimate of drug-likeness (QED) is 0.808. The molecule has 0 bridgehead atoms. The average molecular weight is 231 g/mol. The molecule has 2 rings (SSSR count). The third-order valence-electron chi connectivity index (χ3n) is 3.19. The number of hydrogen-bond acceptors (Lipinski definition) is 2. The number of aliphatic carboxylic acids is 1. The van der Waals surface area contributed by atoms with Gasteiger partial charge in [0.25, 0.3) is 0 Å². The van der Waals surface area contributed by atoms with E-state index < -0.39 is 5.97 Å². The summed E-state index contributed by atoms with van der Waals surface area (Å²) in [4.78, 5) is 13.3. The number of fused-ring (bicyclic) bond motifs is 1. The van der Waals surface area contributed by atoms with Crippen LogP contribution in [-0.4, -0.2) is 24.2 Å². The zero-order valence-corrected chi connectivity index (χ0v) is 9.80. The summed E-state index contributed by atoms with van der Waals surface area (Å²) >= 11 is 0. The van der Waals surface area contributed by atoms with Crippen molar-refractivity contribution in [1.82, 2.24) is 0 Å². The first-order chi connectivity index (χ1) is 8.22. The number of carboxylic acid groups (broad SMARTS) is 1. The Morgan fingerprint density at radius 1 is 1.53 bits per heavy atom. The fourth-order valence-corrected chi connectivity index (χ4v) is 2.31. The van der Waals surface area contributed by atoms with Crippen molar-refractivity contribution in [2.45, 2.75) is 12.8 Å². The van der Waals surface area contributed by atoms with E-state index in [0.717, 1.165) is 18.5 Å². The summed E-state index contributed by atoms with van der Waals surface area (Å²) in [5, 5.41) is 9.16. The van der Waals surface area contributed by atoms with Gasteiger partial charge in [0.05, 0.1) is 5.92 Å². The molecule has 90 valence electrons. The third-order valence-corrected chi connectivity index (χ3v) is 3.19. The molecular weight excluding hydrogens is 214 g/mol. The van der Waals surface area contributed by atoms with Crippen molar-refractivity contribution in [3.63, 3.8) is 0 Å². The maximum atomic E-state index is 11.1. The SMILES string of the molecule is C=CCCN1CC(C(=O)O)Cc2ccccc21. The predicted octanol–water partition coefficient (Wildman–Crippen LogP) is 2.33. The van der Waals surface area contributed by atoms with Crippen molar-refractivity contribution in [1.29, 1.82) is 0 Å². The molecule has 1 N–H and O–H groups in total. The smallest absolute Gasteiger partial charge is 0.308 e. The molecule has 0 saturated heterocycles. The van der Waals surface area contributed by atoms with E-state index in [4.69, 9.17) is 5.11 Å². The lowest BCUT2D eigenvalue weighted by Crippen LogP contribution is -2.39. The number of rotatable bonds is 4. The normalized spacial score (nSPS) is 18.6. The Labute approximate surface area is 101 Å². The van der Waals surface area contributed by atoms with Crippen LogP contribution in [-0.2, 0) is 11.2 Å². The second-order valence-electron chi connectivity index (χ2n) is 4.39. The minimum absolute atomic E-state index is 0.297. The molecule has 1 heterocycles. The molecule has 1 aliphatic heterocycles. The van der Waals surface area contributed by atoms with Crippen LogP contribution < -0.4 is 4.90 Å². The van der Waals surface area contributed by atoms with Gasteiger partial charge in [0.2, 0.25) is 0 Å². The molecule has 0 amide bonds. The van der Waals surface area contributed by atoms with E-state index in [1.807, 2.05) is 24.3 Å². The van der Waals surface area contributed by atoms with Crippen LogP contribution in [0.5, 0.6) is 0 Å². The molecular formula is C14H17NO2. The Kier molecular flexibility index (Phi) is 3.47. The van der Waals surface area contributed by atoms with Crippen molar-refractivity contribution in [2.75, 3.05) is 18.0 Å². The highest BCUT2D eigenvalue weighted by atomic mass is 16.4. The summed E-state index contributed by atoms with van der Waals surface area (Å²) in [6, 6.07) is 8.05. The fourth-order valence-electron chi connectivity index (χ4n) is 2.31. The molecule has 0 spiro atoms. The molecule has 1 aliphatic rings. The van der Waals surface area contributed by atoms with Gasteiger partial charge in [-0.15, -0.1) is 6.58 Å². The maximum absolute atomic E-state index is 11.1. The Hall–Kier alpha value is -1.77. The standard InChI is InChI=1S/C14H17NO2/c1-2-3-8-15-10-12(14(16)17)9-11-6-4-5-7-13(11)15/h2,4-7,12H,1,3,8-10H2,(H,16,17). The highest BCUT2D eigenvalue weighted by Crippen LogP contribution is 2.29. The maximum Gasteiger partial charge on any atom is 0.308 e. The molecule has 0 radical (unpaired) electrons. The summed E-state index contributed by atoms with van der Waals surface area (Å²) in [7, 11) is 0. The fraction of sp³-hybridized carbons (Fsp3) is 0.357. The van der Waals surface area contributed by atoms with E-state index in [1.54, 1.807) is 0 Å². The number of carboxylic acids is 1. The minimum Gasteiger partial charge on any atom is -0.481 e. The highest BCUT2D eigenvalue weighted by molar-refractivity contribution is 5.73. The molecule has 0 saturated carbocycles. The molecule has 1 unspecified atom stereocenters. The largest absolute Gasteiger partial charge is 0.481 e. The molecule has 0 fully saturated rings. The topological polar surface area (TPSA) is 40.5 Å². The Balaban J connectivity index is 2.25. The third kappa shape index (κ3) is 2.49. The number of benzene rings is 1. The van der Waals surface area contributed by atoms with E-state index in [-0.39, 0.29) is 5.92 Å². The van der Waals surface area contributed by atoms with Crippen molar-refractivity contribution in [3.8, 4) is 0 Å². The minimum atomic E-state index is -0.705. The van der Waals surface area contributed by atoms with E-state index >= 15 is 0 Å². The number of anilines is 1. The Morgan fingerprint density at radius 2 is 2.29 bits per heavy atom. The zero-order valence-electron chi connectivity index (χ0n) is 9.80. The number of para-hydroxylation sites is 1. The molecule has 0 aliphatic carbocycles. The van der Waals surface area contributed by atoms with Gasteiger partial charge < -0.3 is 10.0 Å². The van der Waals surface area contributed by atoms with Crippen LogP contribution in [0.15, 0.2) is 36.9 Å². The van der Waals surface area contributed by atoms with Gasteiger partial charge in [0.1, 0.15) is 0 Å². The zero-order chi connectivity index (χ0) is 12.3. The first kappa shape index (κ1) is 11.7. The van der Waals surface area contributed by atoms with Crippen LogP contribution in [0.4, 0.5) is 5.69 Å². The van der Waals surface area contributed by atoms with E-state index in [0.29, 0.717) is 13.0 Å². The van der Waals surface area contributed by atoms with Crippen molar-refractivity contribution >= 4 is 11.7 Å². The number of carbonyl (C=O) groups is 1. The van der Waals surface area contributed by atoms with Crippen molar-refractivity contribution in [2.24, 2.45) is 5.92 Å². The number of hydrogen-bond donors (Lipinski definition) is 1. The summed E-state index contributed by atoms with van der Waals surface area (Å²) < 4.78 is 0. The molecule has 0 aromatic heterocycles. The van der Waals surface area contributed by atoms with Gasteiger partial charge in [-0.25, -0.2) is 0 Å². The molecule has 1 atom stereocenters. The van der Waals surface area contributed by atoms with Crippen LogP contribution in [0.1, 0.15) is 12.0 Å². The molecule has 3 heteroatoms. The summed E-state index contributed by atoms with van der Waals surface area (Å²) in [5.41, 5.74) is 2.31. The summed E-state index contributed by atoms with van der Waals surface area (Å²) in [5.74, 6) is -1.00. The lowest BCUT2D eigenvalue weighted by molar-refractivity contribution is -0.141. The first-order valence-corrected chi connectivity index (χ1v) is 5.89. The van der Waals surface area contributed by atoms with Crippen LogP contribution in [0.25, 0.3) is 0 Å². The molecule has 1 aromatic carbocycles. The average Bonchev–Trinajstić information content (AvgIpc) is 2.35. The molecule has 1 aromatic rings. The van der Waals surface area contributed by atoms with Gasteiger partial charge in [-0.1, -0.05) is 24.3 Å². The van der Waals surface area contributed by atoms with Crippen LogP contribution in [0.3, 0.4) is 0 Å². The Morgan fingerprint density at radius 3 is 3.00 bits per heavy atom. The van der Waals surface area contributed by atoms with Crippen molar-refractivity contribution in [3.05, 3.63) is 42.5 Å². The van der Waals surface area contributed by atoms with Gasteiger partial charge in [-0.2, -0.15) is 0 Å². The monoisotopic (exact) mass is 231 g/mol. The van der Waals surface area contributed by atoms with Gasteiger partial charge in [0.15, 0.2) is 0 Å². The first-order valence-electron chi connectivity index (χ1n) is 5.89. The molecule has 17 heavy (non-hydrogen) atoms. The van der Waals surface area contributed by atoms with Gasteiger partial charge >= 0.3 is 5.97 Å². The number of nitrogens with zero attached hydrogens (tertiary/aromatic N) is 1. The second-order valence-corrected chi connectivity index (χ2v) is 4.39. The van der Waals surface area contributed by atoms with Crippen LogP contribution >= 0.6 is 0 Å². The summed E-state index contributed by atoms with van der Waals surface area (Å²) in [6.07, 6.45) is 3.38. The summed E-state index contributed by atoms with van der Waals surface area (Å²) in [6.45, 7) is 5.15. The van der Waals surface area contributed by atoms with Crippen molar-refractivity contribution < 1.29 is 9.90 Å². The van der Waals surface area contributed by atoms with Gasteiger partial charge in [0, 0.05) is 18.8 Å². The lowest BCUT2D eigenvalue weighted by atomic mass is 9.92. The van der Waals surface area contributed by atoms with Gasteiger partial charge in [-0.3, -0.25) is 4.79 Å². The van der Waals surface area contributed by atoms with E-state index in [9.17, 15) is 4.79 Å². The van der Waals surface area contributed by atoms with E-state index in [1.165, 1.54) is 5.69 Å². The highest BCUT2D eigenvalue weighted by Gasteiger charge is 2.28. The van der Waals surface area contributed by atoms with Crippen LogP contribution in [0, 0.1) is 5.92 Å².